The van der Waals surface area contributed by atoms with Crippen molar-refractivity contribution in [3.63, 3.8) is 0 Å². The van der Waals surface area contributed by atoms with Crippen LogP contribution in [0.4, 0.5) is 0 Å². The third-order valence-corrected chi connectivity index (χ3v) is 5.12. The Morgan fingerprint density at radius 1 is 1.14 bits per heavy atom. The zero-order valence-corrected chi connectivity index (χ0v) is 16.4. The fourth-order valence-electron chi connectivity index (χ4n) is 3.10. The second-order valence-corrected chi connectivity index (χ2v) is 6.96. The summed E-state index contributed by atoms with van der Waals surface area (Å²) in [7, 11) is 1.59. The van der Waals surface area contributed by atoms with Crippen LogP contribution in [0.3, 0.4) is 0 Å². The van der Waals surface area contributed by atoms with Gasteiger partial charge in [-0.25, -0.2) is 5.43 Å². The normalized spacial score (nSPS) is 14.9. The molecule has 0 aromatic heterocycles. The summed E-state index contributed by atoms with van der Waals surface area (Å²) in [5.74, 6) is 0.380. The van der Waals surface area contributed by atoms with E-state index in [2.05, 4.69) is 10.5 Å². The number of carbonyl (C=O) groups is 2. The van der Waals surface area contributed by atoms with Crippen molar-refractivity contribution < 1.29 is 14.3 Å². The summed E-state index contributed by atoms with van der Waals surface area (Å²) in [6, 6.07) is 14.3. The summed E-state index contributed by atoms with van der Waals surface area (Å²) in [4.78, 5) is 26.7. The van der Waals surface area contributed by atoms with Crippen molar-refractivity contribution >= 4 is 29.6 Å². The minimum absolute atomic E-state index is 0.0294. The smallest absolute Gasteiger partial charge is 0.253 e. The summed E-state index contributed by atoms with van der Waals surface area (Å²) < 4.78 is 5.11. The van der Waals surface area contributed by atoms with Crippen LogP contribution in [0, 0.1) is 5.92 Å². The Balaban J connectivity index is 1.49. The molecular formula is C21H22ClN3O3. The van der Waals surface area contributed by atoms with E-state index in [-0.39, 0.29) is 17.7 Å². The summed E-state index contributed by atoms with van der Waals surface area (Å²) in [6.45, 7) is 1.08. The average Bonchev–Trinajstić information content (AvgIpc) is 2.74. The molecule has 0 unspecified atom stereocenters. The van der Waals surface area contributed by atoms with Gasteiger partial charge in [0.05, 0.1) is 13.3 Å². The first-order valence-corrected chi connectivity index (χ1v) is 9.47. The maximum atomic E-state index is 12.6. The van der Waals surface area contributed by atoms with E-state index < -0.39 is 0 Å². The Morgan fingerprint density at radius 2 is 1.82 bits per heavy atom. The van der Waals surface area contributed by atoms with E-state index >= 15 is 0 Å². The highest BCUT2D eigenvalue weighted by Gasteiger charge is 2.27. The number of hydrogen-bond acceptors (Lipinski definition) is 4. The van der Waals surface area contributed by atoms with Crippen molar-refractivity contribution in [2.24, 2.45) is 11.0 Å². The average molecular weight is 400 g/mol. The molecule has 2 amide bonds. The van der Waals surface area contributed by atoms with E-state index in [0.29, 0.717) is 42.3 Å². The number of rotatable bonds is 5. The Bertz CT molecular complexity index is 859. The van der Waals surface area contributed by atoms with Crippen LogP contribution in [0.2, 0.25) is 5.02 Å². The number of hydrogen-bond donors (Lipinski definition) is 1. The molecule has 1 heterocycles. The first kappa shape index (κ1) is 19.9. The van der Waals surface area contributed by atoms with Crippen molar-refractivity contribution in [3.8, 4) is 5.75 Å². The molecule has 0 saturated carbocycles. The lowest BCUT2D eigenvalue weighted by Gasteiger charge is -2.31. The predicted octanol–water partition coefficient (Wildman–Crippen LogP) is 3.35. The molecule has 2 aromatic carbocycles. The molecule has 0 aliphatic carbocycles. The predicted molar refractivity (Wildman–Crippen MR) is 109 cm³/mol. The Hall–Kier alpha value is -2.86. The molecule has 3 rings (SSSR count). The summed E-state index contributed by atoms with van der Waals surface area (Å²) in [5.41, 5.74) is 3.93. The maximum Gasteiger partial charge on any atom is 0.253 e. The van der Waals surface area contributed by atoms with Crippen LogP contribution in [0.5, 0.6) is 5.75 Å². The Kier molecular flexibility index (Phi) is 6.66. The lowest BCUT2D eigenvalue weighted by atomic mass is 9.95. The molecule has 0 radical (unpaired) electrons. The van der Waals surface area contributed by atoms with Gasteiger partial charge >= 0.3 is 0 Å². The number of carbonyl (C=O) groups excluding carboxylic acids is 2. The number of ether oxygens (including phenoxy) is 1. The molecule has 0 spiro atoms. The largest absolute Gasteiger partial charge is 0.497 e. The number of methoxy groups -OCH3 is 1. The van der Waals surface area contributed by atoms with Gasteiger partial charge in [0.2, 0.25) is 5.91 Å². The zero-order valence-electron chi connectivity index (χ0n) is 15.6. The van der Waals surface area contributed by atoms with Crippen molar-refractivity contribution in [1.82, 2.24) is 10.3 Å². The van der Waals surface area contributed by atoms with Crippen LogP contribution >= 0.6 is 11.6 Å². The molecule has 0 bridgehead atoms. The first-order chi connectivity index (χ1) is 13.6. The monoisotopic (exact) mass is 399 g/mol. The second-order valence-electron chi connectivity index (χ2n) is 6.55. The van der Waals surface area contributed by atoms with Crippen LogP contribution < -0.4 is 10.2 Å². The summed E-state index contributed by atoms with van der Waals surface area (Å²) >= 11 is 6.05. The van der Waals surface area contributed by atoms with Crippen LogP contribution in [-0.2, 0) is 4.79 Å². The SMILES string of the molecule is COc1ccc(C(=O)N2CCC(C(=O)N/N=C\c3ccccc3Cl)CC2)cc1. The second kappa shape index (κ2) is 9.37. The number of likely N-dealkylation sites (tertiary alicyclic amines) is 1. The van der Waals surface area contributed by atoms with Gasteiger partial charge in [-0.3, -0.25) is 9.59 Å². The van der Waals surface area contributed by atoms with Gasteiger partial charge in [-0.05, 0) is 43.2 Å². The molecule has 1 saturated heterocycles. The number of halogens is 1. The van der Waals surface area contributed by atoms with Crippen molar-refractivity contribution in [3.05, 3.63) is 64.7 Å². The van der Waals surface area contributed by atoms with Gasteiger partial charge in [0.1, 0.15) is 5.75 Å². The highest BCUT2D eigenvalue weighted by Crippen LogP contribution is 2.20. The quantitative estimate of drug-likeness (QED) is 0.619. The molecule has 6 nitrogen and oxygen atoms in total. The number of benzene rings is 2. The molecule has 2 aromatic rings. The van der Waals surface area contributed by atoms with Crippen molar-refractivity contribution in [2.75, 3.05) is 20.2 Å². The van der Waals surface area contributed by atoms with E-state index in [1.807, 2.05) is 18.2 Å². The topological polar surface area (TPSA) is 71.0 Å². The minimum Gasteiger partial charge on any atom is -0.497 e. The number of nitrogens with one attached hydrogen (secondary N) is 1. The van der Waals surface area contributed by atoms with Crippen molar-refractivity contribution in [1.29, 1.82) is 0 Å². The summed E-state index contributed by atoms with van der Waals surface area (Å²) in [5, 5.41) is 4.57. The van der Waals surface area contributed by atoms with Gasteiger partial charge in [0.15, 0.2) is 0 Å². The maximum absolute atomic E-state index is 12.6. The highest BCUT2D eigenvalue weighted by molar-refractivity contribution is 6.33. The number of amides is 2. The fourth-order valence-corrected chi connectivity index (χ4v) is 3.28. The molecule has 28 heavy (non-hydrogen) atoms. The van der Waals surface area contributed by atoms with Gasteiger partial charge in [0, 0.05) is 35.2 Å². The fraction of sp³-hybridized carbons (Fsp3) is 0.286. The molecule has 146 valence electrons. The molecule has 1 fully saturated rings. The molecule has 1 aliphatic rings. The van der Waals surface area contributed by atoms with Gasteiger partial charge in [0.25, 0.3) is 5.91 Å². The number of nitrogens with zero attached hydrogens (tertiary/aromatic N) is 2. The number of hydrazone groups is 1. The molecule has 7 heteroatoms. The van der Waals surface area contributed by atoms with E-state index in [9.17, 15) is 9.59 Å². The summed E-state index contributed by atoms with van der Waals surface area (Å²) in [6.07, 6.45) is 2.74. The van der Waals surface area contributed by atoms with E-state index in [4.69, 9.17) is 16.3 Å². The van der Waals surface area contributed by atoms with Gasteiger partial charge in [-0.2, -0.15) is 5.10 Å². The standard InChI is InChI=1S/C21H22ClN3O3/c1-28-18-8-6-16(7-9-18)21(27)25-12-10-15(11-13-25)20(26)24-23-14-17-4-2-3-5-19(17)22/h2-9,14-15H,10-13H2,1H3,(H,24,26)/b23-14-. The van der Waals surface area contributed by atoms with Gasteiger partial charge in [-0.15, -0.1) is 0 Å². The third-order valence-electron chi connectivity index (χ3n) is 4.77. The zero-order chi connectivity index (χ0) is 19.9. The molecular weight excluding hydrogens is 378 g/mol. The van der Waals surface area contributed by atoms with Crippen LogP contribution in [-0.4, -0.2) is 43.1 Å². The lowest BCUT2D eigenvalue weighted by Crippen LogP contribution is -2.42. The van der Waals surface area contributed by atoms with Crippen LogP contribution in [0.15, 0.2) is 53.6 Å². The number of piperidine rings is 1. The van der Waals surface area contributed by atoms with E-state index in [1.54, 1.807) is 42.3 Å². The Morgan fingerprint density at radius 3 is 2.46 bits per heavy atom. The van der Waals surface area contributed by atoms with Crippen molar-refractivity contribution in [2.45, 2.75) is 12.8 Å². The molecule has 0 atom stereocenters. The molecule has 1 N–H and O–H groups in total. The third kappa shape index (κ3) is 4.89. The van der Waals surface area contributed by atoms with E-state index in [0.717, 1.165) is 5.56 Å². The van der Waals surface area contributed by atoms with E-state index in [1.165, 1.54) is 6.21 Å². The van der Waals surface area contributed by atoms with Crippen LogP contribution in [0.25, 0.3) is 0 Å². The first-order valence-electron chi connectivity index (χ1n) is 9.09. The Labute approximate surface area is 169 Å². The van der Waals surface area contributed by atoms with Gasteiger partial charge in [-0.1, -0.05) is 29.8 Å². The highest BCUT2D eigenvalue weighted by atomic mass is 35.5. The minimum atomic E-state index is -0.164. The lowest BCUT2D eigenvalue weighted by molar-refractivity contribution is -0.126. The molecule has 1 aliphatic heterocycles. The van der Waals surface area contributed by atoms with Gasteiger partial charge < -0.3 is 9.64 Å². The van der Waals surface area contributed by atoms with Crippen LogP contribution in [0.1, 0.15) is 28.8 Å².